The van der Waals surface area contributed by atoms with Gasteiger partial charge < -0.3 is 9.55 Å². The molecule has 0 spiro atoms. The van der Waals surface area contributed by atoms with Crippen molar-refractivity contribution in [2.45, 2.75) is 13.5 Å². The summed E-state index contributed by atoms with van der Waals surface area (Å²) in [5, 5.41) is 0.565. The maximum absolute atomic E-state index is 12.0. The van der Waals surface area contributed by atoms with Gasteiger partial charge in [0.05, 0.1) is 23.1 Å². The number of aromatic nitrogens is 3. The zero-order valence-corrected chi connectivity index (χ0v) is 11.0. The first kappa shape index (κ1) is 12.3. The number of hydrogen-bond donors (Lipinski definition) is 1. The van der Waals surface area contributed by atoms with E-state index in [-0.39, 0.29) is 11.3 Å². The number of hydrogen-bond acceptors (Lipinski definition) is 3. The van der Waals surface area contributed by atoms with Gasteiger partial charge in [-0.15, -0.1) is 0 Å². The third-order valence-corrected chi connectivity index (χ3v) is 3.17. The molecule has 0 amide bonds. The summed E-state index contributed by atoms with van der Waals surface area (Å²) in [6, 6.07) is 10.7. The van der Waals surface area contributed by atoms with E-state index in [4.69, 9.17) is 0 Å². The van der Waals surface area contributed by atoms with Crippen molar-refractivity contribution in [3.8, 4) is 0 Å². The molecule has 3 aromatic rings. The van der Waals surface area contributed by atoms with Crippen LogP contribution in [0.4, 0.5) is 0 Å². The van der Waals surface area contributed by atoms with Crippen LogP contribution in [0.2, 0.25) is 0 Å². The summed E-state index contributed by atoms with van der Waals surface area (Å²) in [6.07, 6.45) is 1.80. The van der Waals surface area contributed by atoms with Crippen molar-refractivity contribution in [3.05, 3.63) is 64.5 Å². The Bertz CT molecular complexity index is 845. The van der Waals surface area contributed by atoms with Crippen molar-refractivity contribution in [1.29, 1.82) is 0 Å². The molecule has 5 nitrogen and oxygen atoms in total. The van der Waals surface area contributed by atoms with Crippen molar-refractivity contribution < 1.29 is 4.79 Å². The number of ketones is 1. The van der Waals surface area contributed by atoms with E-state index in [9.17, 15) is 9.59 Å². The lowest BCUT2D eigenvalue weighted by Crippen LogP contribution is -2.15. The zero-order chi connectivity index (χ0) is 14.1. The molecule has 0 fully saturated rings. The second-order valence-electron chi connectivity index (χ2n) is 4.61. The van der Waals surface area contributed by atoms with Gasteiger partial charge in [-0.1, -0.05) is 12.1 Å². The number of rotatable bonds is 3. The molecule has 1 N–H and O–H groups in total. The Balaban J connectivity index is 2.05. The third-order valence-electron chi connectivity index (χ3n) is 3.17. The number of nitrogens with zero attached hydrogens (tertiary/aromatic N) is 2. The molecular formula is C15H13N3O2. The monoisotopic (exact) mass is 267 g/mol. The minimum absolute atomic E-state index is 0.0156. The minimum atomic E-state index is -0.165. The Kier molecular flexibility index (Phi) is 2.95. The van der Waals surface area contributed by atoms with Gasteiger partial charge in [0.2, 0.25) is 0 Å². The van der Waals surface area contributed by atoms with Crippen LogP contribution in [0.25, 0.3) is 10.9 Å². The lowest BCUT2D eigenvalue weighted by Gasteiger charge is -2.07. The number of carbonyl (C=O) groups excluding carboxylic acids is 1. The van der Waals surface area contributed by atoms with Crippen molar-refractivity contribution in [2.75, 3.05) is 0 Å². The molecule has 0 bridgehead atoms. The van der Waals surface area contributed by atoms with E-state index >= 15 is 0 Å². The summed E-state index contributed by atoms with van der Waals surface area (Å²) < 4.78 is 1.77. The zero-order valence-electron chi connectivity index (χ0n) is 11.0. The normalized spacial score (nSPS) is 10.8. The highest BCUT2D eigenvalue weighted by Gasteiger charge is 2.08. The first-order valence-corrected chi connectivity index (χ1v) is 6.29. The van der Waals surface area contributed by atoms with Crippen LogP contribution < -0.4 is 5.56 Å². The van der Waals surface area contributed by atoms with E-state index in [0.717, 1.165) is 0 Å². The quantitative estimate of drug-likeness (QED) is 0.738. The average Bonchev–Trinajstić information content (AvgIpc) is 2.87. The van der Waals surface area contributed by atoms with E-state index < -0.39 is 0 Å². The molecule has 0 saturated carbocycles. The molecule has 0 aliphatic carbocycles. The largest absolute Gasteiger partial charge is 0.338 e. The van der Waals surface area contributed by atoms with Crippen molar-refractivity contribution >= 4 is 16.7 Å². The molecule has 0 radical (unpaired) electrons. The highest BCUT2D eigenvalue weighted by Crippen LogP contribution is 2.09. The number of para-hydroxylation sites is 1. The van der Waals surface area contributed by atoms with E-state index in [1.807, 2.05) is 6.07 Å². The molecule has 0 unspecified atom stereocenters. The molecule has 20 heavy (non-hydrogen) atoms. The van der Waals surface area contributed by atoms with E-state index in [1.54, 1.807) is 41.1 Å². The van der Waals surface area contributed by atoms with Gasteiger partial charge in [-0.25, -0.2) is 4.98 Å². The van der Waals surface area contributed by atoms with Crippen LogP contribution in [0, 0.1) is 0 Å². The average molecular weight is 267 g/mol. The molecule has 5 heteroatoms. The Labute approximate surface area is 114 Å². The third kappa shape index (κ3) is 2.14. The van der Waals surface area contributed by atoms with Gasteiger partial charge >= 0.3 is 0 Å². The van der Waals surface area contributed by atoms with E-state index in [1.165, 1.54) is 6.92 Å². The second kappa shape index (κ2) is 4.77. The van der Waals surface area contributed by atoms with Gasteiger partial charge in [0.25, 0.3) is 5.56 Å². The second-order valence-corrected chi connectivity index (χ2v) is 4.61. The van der Waals surface area contributed by atoms with Gasteiger partial charge in [-0.2, -0.15) is 0 Å². The molecule has 2 aromatic heterocycles. The summed E-state index contributed by atoms with van der Waals surface area (Å²) in [4.78, 5) is 30.6. The number of aromatic amines is 1. The molecule has 0 aliphatic rings. The van der Waals surface area contributed by atoms with Crippen molar-refractivity contribution in [3.63, 3.8) is 0 Å². The molecule has 2 heterocycles. The van der Waals surface area contributed by atoms with Crippen LogP contribution in [-0.2, 0) is 6.54 Å². The number of benzene rings is 1. The van der Waals surface area contributed by atoms with Crippen molar-refractivity contribution in [2.24, 2.45) is 0 Å². The first-order valence-electron chi connectivity index (χ1n) is 6.29. The van der Waals surface area contributed by atoms with Gasteiger partial charge in [0, 0.05) is 13.1 Å². The van der Waals surface area contributed by atoms with Crippen molar-refractivity contribution in [1.82, 2.24) is 14.5 Å². The molecular weight excluding hydrogens is 254 g/mol. The SMILES string of the molecule is CC(=O)c1cccn1Cc1nc2ccccc2c(=O)[nH]1. The van der Waals surface area contributed by atoms with Crippen LogP contribution >= 0.6 is 0 Å². The topological polar surface area (TPSA) is 67.8 Å². The Morgan fingerprint density at radius 2 is 2.05 bits per heavy atom. The Hall–Kier alpha value is -2.69. The van der Waals surface area contributed by atoms with Gasteiger partial charge in [0.15, 0.2) is 5.78 Å². The summed E-state index contributed by atoms with van der Waals surface area (Å²) in [5.41, 5.74) is 1.09. The van der Waals surface area contributed by atoms with Crippen LogP contribution in [0.1, 0.15) is 23.2 Å². The minimum Gasteiger partial charge on any atom is -0.338 e. The molecule has 0 saturated heterocycles. The summed E-state index contributed by atoms with van der Waals surface area (Å²) >= 11 is 0. The smallest absolute Gasteiger partial charge is 0.258 e. The van der Waals surface area contributed by atoms with Crippen LogP contribution in [0.15, 0.2) is 47.4 Å². The summed E-state index contributed by atoms with van der Waals surface area (Å²) in [5.74, 6) is 0.519. The predicted molar refractivity (Wildman–Crippen MR) is 75.9 cm³/mol. The van der Waals surface area contributed by atoms with Crippen LogP contribution in [0.5, 0.6) is 0 Å². The van der Waals surface area contributed by atoms with E-state index in [2.05, 4.69) is 9.97 Å². The van der Waals surface area contributed by atoms with E-state index in [0.29, 0.717) is 29.0 Å². The summed E-state index contributed by atoms with van der Waals surface area (Å²) in [7, 11) is 0. The molecule has 100 valence electrons. The summed E-state index contributed by atoms with van der Waals surface area (Å²) in [6.45, 7) is 1.88. The number of fused-ring (bicyclic) bond motifs is 1. The number of carbonyl (C=O) groups is 1. The number of H-pyrrole nitrogens is 1. The van der Waals surface area contributed by atoms with Crippen LogP contribution in [0.3, 0.4) is 0 Å². The molecule has 3 rings (SSSR count). The molecule has 0 aliphatic heterocycles. The highest BCUT2D eigenvalue weighted by atomic mass is 16.1. The molecule has 0 atom stereocenters. The van der Waals surface area contributed by atoms with Crippen LogP contribution in [-0.4, -0.2) is 20.3 Å². The maximum Gasteiger partial charge on any atom is 0.258 e. The lowest BCUT2D eigenvalue weighted by atomic mass is 10.2. The predicted octanol–water partition coefficient (Wildman–Crippen LogP) is 1.98. The first-order chi connectivity index (χ1) is 9.65. The Morgan fingerprint density at radius 1 is 1.25 bits per heavy atom. The maximum atomic E-state index is 12.0. The van der Waals surface area contributed by atoms with Gasteiger partial charge in [-0.3, -0.25) is 9.59 Å². The number of nitrogens with one attached hydrogen (secondary N) is 1. The lowest BCUT2D eigenvalue weighted by molar-refractivity contribution is 0.100. The Morgan fingerprint density at radius 3 is 2.85 bits per heavy atom. The fraction of sp³-hybridized carbons (Fsp3) is 0.133. The van der Waals surface area contributed by atoms with Gasteiger partial charge in [-0.05, 0) is 24.3 Å². The fourth-order valence-electron chi connectivity index (χ4n) is 2.24. The standard InChI is InChI=1S/C15H13N3O2/c1-10(19)13-7-4-8-18(13)9-14-16-12-6-3-2-5-11(12)15(20)17-14/h2-8H,9H2,1H3,(H,16,17,20). The highest BCUT2D eigenvalue weighted by molar-refractivity contribution is 5.92. The van der Waals surface area contributed by atoms with Gasteiger partial charge in [0.1, 0.15) is 5.82 Å². The molecule has 1 aromatic carbocycles. The fourth-order valence-corrected chi connectivity index (χ4v) is 2.24. The number of Topliss-reactive ketones (excluding diaryl/α,β-unsaturated/α-hetero) is 1.